The number of carbonyl (C=O) groups excluding carboxylic acids is 2. The summed E-state index contributed by atoms with van der Waals surface area (Å²) in [5.74, 6) is -4.47. The van der Waals surface area contributed by atoms with Crippen molar-refractivity contribution in [2.75, 3.05) is 0 Å². The molecular formula is C18H18O9. The van der Waals surface area contributed by atoms with Crippen LogP contribution in [0.2, 0.25) is 0 Å². The summed E-state index contributed by atoms with van der Waals surface area (Å²) in [6.07, 6.45) is -4.53. The molecule has 0 bridgehead atoms. The Morgan fingerprint density at radius 3 is 1.07 bits per heavy atom. The molecule has 0 fully saturated rings. The second-order valence-corrected chi connectivity index (χ2v) is 4.96. The Labute approximate surface area is 153 Å². The van der Waals surface area contributed by atoms with Crippen LogP contribution in [0.25, 0.3) is 0 Å². The molecule has 2 atom stereocenters. The number of ketones is 2. The van der Waals surface area contributed by atoms with E-state index in [2.05, 4.69) is 0 Å². The van der Waals surface area contributed by atoms with E-state index in [1.54, 1.807) is 48.5 Å². The molecule has 2 aromatic rings. The Morgan fingerprint density at radius 2 is 0.852 bits per heavy atom. The van der Waals surface area contributed by atoms with Crippen molar-refractivity contribution in [1.29, 1.82) is 0 Å². The maximum atomic E-state index is 11.8. The summed E-state index contributed by atoms with van der Waals surface area (Å²) in [4.78, 5) is 43.1. The minimum atomic E-state index is -2.27. The molecule has 144 valence electrons. The van der Waals surface area contributed by atoms with Crippen LogP contribution in [0, 0.1) is 0 Å². The highest BCUT2D eigenvalue weighted by molar-refractivity contribution is 6.49. The highest BCUT2D eigenvalue weighted by atomic mass is 16.4. The molecule has 0 aliphatic carbocycles. The summed E-state index contributed by atoms with van der Waals surface area (Å²) in [5, 5.41) is 32.5. The fraction of sp³-hybridized carbons (Fsp3) is 0.111. The summed E-state index contributed by atoms with van der Waals surface area (Å²) < 4.78 is 0. The number of aliphatic hydroxyl groups is 2. The fourth-order valence-corrected chi connectivity index (χ4v) is 1.71. The predicted molar refractivity (Wildman–Crippen MR) is 92.4 cm³/mol. The van der Waals surface area contributed by atoms with E-state index < -0.39 is 35.7 Å². The number of benzene rings is 2. The quantitative estimate of drug-likeness (QED) is 0.394. The number of carboxylic acid groups (broad SMARTS) is 2. The van der Waals surface area contributed by atoms with Crippen molar-refractivity contribution < 1.29 is 45.1 Å². The zero-order valence-electron chi connectivity index (χ0n) is 13.9. The first-order valence-corrected chi connectivity index (χ1v) is 7.26. The summed E-state index contributed by atoms with van der Waals surface area (Å²) in [5.41, 5.74) is 0.854. The number of aliphatic hydroxyl groups excluding tert-OH is 2. The van der Waals surface area contributed by atoms with Crippen LogP contribution in [0.4, 0.5) is 0 Å². The van der Waals surface area contributed by atoms with Crippen molar-refractivity contribution >= 4 is 23.5 Å². The van der Waals surface area contributed by atoms with Crippen molar-refractivity contribution in [2.45, 2.75) is 12.2 Å². The summed E-state index contributed by atoms with van der Waals surface area (Å²) in [6.45, 7) is 0. The highest BCUT2D eigenvalue weighted by Gasteiger charge is 2.29. The summed E-state index contributed by atoms with van der Waals surface area (Å²) in [6, 6.07) is 17.2. The molecule has 2 aromatic carbocycles. The van der Waals surface area contributed by atoms with Crippen LogP contribution >= 0.6 is 0 Å². The summed E-state index contributed by atoms with van der Waals surface area (Å²) in [7, 11) is 0. The third-order valence-electron chi connectivity index (χ3n) is 3.08. The van der Waals surface area contributed by atoms with Gasteiger partial charge in [-0.3, -0.25) is 9.59 Å². The van der Waals surface area contributed by atoms with Crippen molar-refractivity contribution in [3.63, 3.8) is 0 Å². The van der Waals surface area contributed by atoms with Crippen molar-refractivity contribution in [3.05, 3.63) is 71.8 Å². The standard InChI is InChI=1S/C14H10O2.C4H6O6.H2O/c15-13(11-7-3-1-4-8-11)14(16)12-9-5-2-6-10-12;5-1(3(7)8)2(6)4(9)10;/h1-10H;1-2,5-6H,(H,7,8)(H,9,10);1H2. The molecule has 6 N–H and O–H groups in total. The van der Waals surface area contributed by atoms with E-state index >= 15 is 0 Å². The lowest BCUT2D eigenvalue weighted by molar-refractivity contribution is -0.165. The monoisotopic (exact) mass is 378 g/mol. The van der Waals surface area contributed by atoms with Gasteiger partial charge in [-0.1, -0.05) is 60.7 Å². The van der Waals surface area contributed by atoms with Crippen LogP contribution < -0.4 is 0 Å². The number of aliphatic carboxylic acids is 2. The average Bonchev–Trinajstić information content (AvgIpc) is 2.67. The van der Waals surface area contributed by atoms with Crippen LogP contribution in [0.15, 0.2) is 60.7 Å². The third-order valence-corrected chi connectivity index (χ3v) is 3.08. The molecule has 2 unspecified atom stereocenters. The van der Waals surface area contributed by atoms with E-state index in [-0.39, 0.29) is 5.48 Å². The molecule has 0 saturated carbocycles. The van der Waals surface area contributed by atoms with Gasteiger partial charge < -0.3 is 25.9 Å². The Morgan fingerprint density at radius 1 is 0.593 bits per heavy atom. The lowest BCUT2D eigenvalue weighted by atomic mass is 10.0. The van der Waals surface area contributed by atoms with Gasteiger partial charge in [-0.25, -0.2) is 9.59 Å². The minimum Gasteiger partial charge on any atom is -0.479 e. The molecule has 0 spiro atoms. The number of carbonyl (C=O) groups is 4. The molecule has 0 heterocycles. The van der Waals surface area contributed by atoms with Crippen LogP contribution in [0.1, 0.15) is 20.7 Å². The van der Waals surface area contributed by atoms with Gasteiger partial charge in [0.2, 0.25) is 11.6 Å². The lowest BCUT2D eigenvalue weighted by Crippen LogP contribution is -2.39. The van der Waals surface area contributed by atoms with Crippen molar-refractivity contribution in [3.8, 4) is 0 Å². The van der Waals surface area contributed by atoms with E-state index in [0.29, 0.717) is 11.1 Å². The first-order valence-electron chi connectivity index (χ1n) is 7.26. The molecular weight excluding hydrogens is 360 g/mol. The number of hydrogen-bond acceptors (Lipinski definition) is 6. The predicted octanol–water partition coefficient (Wildman–Crippen LogP) is -0.195. The van der Waals surface area contributed by atoms with Gasteiger partial charge in [-0.2, -0.15) is 0 Å². The molecule has 0 saturated heterocycles. The Kier molecular flexibility index (Phi) is 9.84. The molecule has 0 amide bonds. The van der Waals surface area contributed by atoms with Crippen molar-refractivity contribution in [2.24, 2.45) is 0 Å². The molecule has 9 heteroatoms. The molecule has 0 aromatic heterocycles. The zero-order chi connectivity index (χ0) is 19.7. The fourth-order valence-electron chi connectivity index (χ4n) is 1.71. The number of carboxylic acids is 2. The Hall–Kier alpha value is -3.40. The molecule has 0 aliphatic rings. The van der Waals surface area contributed by atoms with Gasteiger partial charge in [0.15, 0.2) is 12.2 Å². The van der Waals surface area contributed by atoms with Crippen LogP contribution in [-0.4, -0.2) is 61.6 Å². The maximum Gasteiger partial charge on any atom is 0.335 e. The SMILES string of the molecule is O.O=C(C(=O)c1ccccc1)c1ccccc1.O=C(O)C(O)C(O)C(=O)O. The first-order chi connectivity index (χ1) is 12.3. The second kappa shape index (κ2) is 11.3. The largest absolute Gasteiger partial charge is 0.479 e. The Balaban J connectivity index is 0.000000539. The third kappa shape index (κ3) is 7.16. The maximum absolute atomic E-state index is 11.8. The topological polar surface area (TPSA) is 181 Å². The number of hydrogen-bond donors (Lipinski definition) is 4. The van der Waals surface area contributed by atoms with Gasteiger partial charge in [0, 0.05) is 11.1 Å². The molecule has 27 heavy (non-hydrogen) atoms. The van der Waals surface area contributed by atoms with Gasteiger partial charge in [-0.05, 0) is 0 Å². The van der Waals surface area contributed by atoms with Gasteiger partial charge in [0.05, 0.1) is 0 Å². The van der Waals surface area contributed by atoms with Crippen LogP contribution in [0.5, 0.6) is 0 Å². The van der Waals surface area contributed by atoms with E-state index in [1.165, 1.54) is 0 Å². The van der Waals surface area contributed by atoms with E-state index in [0.717, 1.165) is 0 Å². The Bertz CT molecular complexity index is 704. The van der Waals surface area contributed by atoms with Crippen LogP contribution in [-0.2, 0) is 9.59 Å². The smallest absolute Gasteiger partial charge is 0.335 e. The molecule has 0 radical (unpaired) electrons. The zero-order valence-corrected chi connectivity index (χ0v) is 13.9. The van der Waals surface area contributed by atoms with E-state index in [9.17, 15) is 19.2 Å². The van der Waals surface area contributed by atoms with E-state index in [1.807, 2.05) is 12.1 Å². The van der Waals surface area contributed by atoms with Gasteiger partial charge in [-0.15, -0.1) is 0 Å². The lowest BCUT2D eigenvalue weighted by Gasteiger charge is -2.07. The molecule has 0 aliphatic heterocycles. The van der Waals surface area contributed by atoms with Crippen molar-refractivity contribution in [1.82, 2.24) is 0 Å². The highest BCUT2D eigenvalue weighted by Crippen LogP contribution is 2.07. The van der Waals surface area contributed by atoms with E-state index in [4.69, 9.17) is 20.4 Å². The average molecular weight is 378 g/mol. The molecule has 2 rings (SSSR count). The second-order valence-electron chi connectivity index (χ2n) is 4.96. The van der Waals surface area contributed by atoms with Crippen LogP contribution in [0.3, 0.4) is 0 Å². The first kappa shape index (κ1) is 23.6. The van der Waals surface area contributed by atoms with Gasteiger partial charge in [0.25, 0.3) is 0 Å². The number of Topliss-reactive ketones (excluding diaryl/α,β-unsaturated/α-hetero) is 2. The minimum absolute atomic E-state index is 0. The normalized spacial score (nSPS) is 11.6. The number of rotatable bonds is 6. The van der Waals surface area contributed by atoms with Gasteiger partial charge in [0.1, 0.15) is 0 Å². The summed E-state index contributed by atoms with van der Waals surface area (Å²) >= 11 is 0. The molecule has 9 nitrogen and oxygen atoms in total. The van der Waals surface area contributed by atoms with Gasteiger partial charge >= 0.3 is 11.9 Å².